The van der Waals surface area contributed by atoms with Crippen molar-refractivity contribution in [1.29, 1.82) is 0 Å². The fraction of sp³-hybridized carbons (Fsp3) is 0.381. The third-order valence-electron chi connectivity index (χ3n) is 5.37. The molecule has 0 spiro atoms. The van der Waals surface area contributed by atoms with E-state index in [-0.39, 0.29) is 17.6 Å². The zero-order chi connectivity index (χ0) is 20.4. The number of benzene rings is 1. The number of para-hydroxylation sites is 1. The minimum atomic E-state index is -0.168. The largest absolute Gasteiger partial charge is 0.496 e. The van der Waals surface area contributed by atoms with Gasteiger partial charge in [0.25, 0.3) is 5.91 Å². The van der Waals surface area contributed by atoms with Crippen molar-refractivity contribution in [2.24, 2.45) is 7.05 Å². The first-order chi connectivity index (χ1) is 14.1. The fourth-order valence-electron chi connectivity index (χ4n) is 3.93. The van der Waals surface area contributed by atoms with Crippen LogP contribution in [0.25, 0.3) is 11.3 Å². The van der Waals surface area contributed by atoms with Crippen molar-refractivity contribution in [3.8, 4) is 17.1 Å². The molecule has 0 radical (unpaired) electrons. The van der Waals surface area contributed by atoms with Gasteiger partial charge in [0, 0.05) is 19.7 Å². The molecule has 0 saturated carbocycles. The van der Waals surface area contributed by atoms with Crippen molar-refractivity contribution in [1.82, 2.24) is 19.8 Å². The maximum atomic E-state index is 13.4. The van der Waals surface area contributed by atoms with E-state index in [1.54, 1.807) is 24.1 Å². The number of rotatable bonds is 4. The molecule has 1 fully saturated rings. The highest BCUT2D eigenvalue weighted by Gasteiger charge is 2.32. The lowest BCUT2D eigenvalue weighted by atomic mass is 10.1. The Morgan fingerprint density at radius 3 is 2.86 bits per heavy atom. The van der Waals surface area contributed by atoms with Crippen molar-refractivity contribution in [2.75, 3.05) is 13.7 Å². The standard InChI is InChI=1S/C21H23ClN4O3/c1-25-20(15(22)13-23-25)17-9-4-3-7-11-26(17)21(27)16-12-19(29-24-16)14-8-5-6-10-18(14)28-2/h5-6,8,10,12-13,17H,3-4,7,9,11H2,1-2H3/t17-/m0/s1. The van der Waals surface area contributed by atoms with E-state index in [2.05, 4.69) is 10.3 Å². The number of aromatic nitrogens is 3. The van der Waals surface area contributed by atoms with Crippen LogP contribution in [-0.4, -0.2) is 39.4 Å². The van der Waals surface area contributed by atoms with E-state index < -0.39 is 0 Å². The topological polar surface area (TPSA) is 73.4 Å². The van der Waals surface area contributed by atoms with Gasteiger partial charge in [-0.3, -0.25) is 9.48 Å². The molecular weight excluding hydrogens is 392 g/mol. The Bertz CT molecular complexity index is 994. The summed E-state index contributed by atoms with van der Waals surface area (Å²) in [5.41, 5.74) is 1.88. The monoisotopic (exact) mass is 414 g/mol. The summed E-state index contributed by atoms with van der Waals surface area (Å²) in [6.45, 7) is 0.641. The number of carbonyl (C=O) groups excluding carboxylic acids is 1. The average Bonchev–Trinajstić information content (AvgIpc) is 3.27. The van der Waals surface area contributed by atoms with Crippen LogP contribution in [0.1, 0.15) is 47.9 Å². The predicted octanol–water partition coefficient (Wildman–Crippen LogP) is 4.49. The van der Waals surface area contributed by atoms with Gasteiger partial charge in [0.05, 0.1) is 35.6 Å². The number of ether oxygens (including phenoxy) is 1. The maximum absolute atomic E-state index is 13.4. The number of hydrogen-bond donors (Lipinski definition) is 0. The molecule has 2 aromatic heterocycles. The first-order valence-electron chi connectivity index (χ1n) is 9.68. The van der Waals surface area contributed by atoms with E-state index in [0.29, 0.717) is 23.1 Å². The van der Waals surface area contributed by atoms with Gasteiger partial charge in [-0.05, 0) is 25.0 Å². The second kappa shape index (κ2) is 8.29. The molecule has 1 aromatic carbocycles. The molecule has 0 aliphatic carbocycles. The quantitative estimate of drug-likeness (QED) is 0.628. The number of nitrogens with zero attached hydrogens (tertiary/aromatic N) is 4. The van der Waals surface area contributed by atoms with Crippen LogP contribution in [0.2, 0.25) is 5.02 Å². The van der Waals surface area contributed by atoms with Crippen molar-refractivity contribution in [2.45, 2.75) is 31.7 Å². The lowest BCUT2D eigenvalue weighted by Gasteiger charge is -2.29. The van der Waals surface area contributed by atoms with Crippen molar-refractivity contribution in [3.63, 3.8) is 0 Å². The smallest absolute Gasteiger partial charge is 0.276 e. The summed E-state index contributed by atoms with van der Waals surface area (Å²) in [5.74, 6) is 0.992. The van der Waals surface area contributed by atoms with Gasteiger partial charge < -0.3 is 14.2 Å². The number of amides is 1. The summed E-state index contributed by atoms with van der Waals surface area (Å²) in [4.78, 5) is 15.2. The van der Waals surface area contributed by atoms with Gasteiger partial charge >= 0.3 is 0 Å². The molecule has 3 heterocycles. The normalized spacial score (nSPS) is 17.2. The summed E-state index contributed by atoms with van der Waals surface area (Å²) in [6, 6.07) is 9.01. The molecule has 0 N–H and O–H groups in total. The van der Waals surface area contributed by atoms with Gasteiger partial charge in [-0.1, -0.05) is 41.7 Å². The summed E-state index contributed by atoms with van der Waals surface area (Å²) >= 11 is 6.40. The molecule has 1 aliphatic rings. The molecule has 0 bridgehead atoms. The van der Waals surface area contributed by atoms with Crippen molar-refractivity contribution in [3.05, 3.63) is 52.9 Å². The number of carbonyl (C=O) groups is 1. The zero-order valence-corrected chi connectivity index (χ0v) is 17.2. The van der Waals surface area contributed by atoms with Gasteiger partial charge in [0.1, 0.15) is 5.75 Å². The zero-order valence-electron chi connectivity index (χ0n) is 16.5. The van der Waals surface area contributed by atoms with E-state index in [4.69, 9.17) is 20.9 Å². The molecule has 4 rings (SSSR count). The van der Waals surface area contributed by atoms with Crippen molar-refractivity contribution >= 4 is 17.5 Å². The Hall–Kier alpha value is -2.80. The molecule has 1 amide bonds. The average molecular weight is 415 g/mol. The molecular formula is C21H23ClN4O3. The molecule has 1 saturated heterocycles. The van der Waals surface area contributed by atoms with Crippen LogP contribution in [-0.2, 0) is 7.05 Å². The lowest BCUT2D eigenvalue weighted by molar-refractivity contribution is 0.0663. The van der Waals surface area contributed by atoms with Gasteiger partial charge in [-0.2, -0.15) is 5.10 Å². The molecule has 1 atom stereocenters. The van der Waals surface area contributed by atoms with Crippen LogP contribution in [0.3, 0.4) is 0 Å². The molecule has 0 unspecified atom stereocenters. The Labute approximate surface area is 174 Å². The first kappa shape index (κ1) is 19.5. The Morgan fingerprint density at radius 1 is 1.28 bits per heavy atom. The second-order valence-corrected chi connectivity index (χ2v) is 7.55. The molecule has 1 aliphatic heterocycles. The predicted molar refractivity (Wildman–Crippen MR) is 109 cm³/mol. The highest BCUT2D eigenvalue weighted by atomic mass is 35.5. The SMILES string of the molecule is COc1ccccc1-c1cc(C(=O)N2CCCCC[C@H]2c2c(Cl)cnn2C)no1. The van der Waals surface area contributed by atoms with Gasteiger partial charge in [-0.25, -0.2) is 0 Å². The minimum absolute atomic E-state index is 0.142. The third kappa shape index (κ3) is 3.74. The lowest BCUT2D eigenvalue weighted by Crippen LogP contribution is -2.36. The van der Waals surface area contributed by atoms with Gasteiger partial charge in [-0.15, -0.1) is 0 Å². The van der Waals surface area contributed by atoms with E-state index in [0.717, 1.165) is 36.9 Å². The number of aryl methyl sites for hydroxylation is 1. The van der Waals surface area contributed by atoms with E-state index in [1.165, 1.54) is 0 Å². The molecule has 152 valence electrons. The molecule has 3 aromatic rings. The van der Waals surface area contributed by atoms with Gasteiger partial charge in [0.15, 0.2) is 11.5 Å². The number of hydrogen-bond acceptors (Lipinski definition) is 5. The van der Waals surface area contributed by atoms with E-state index >= 15 is 0 Å². The highest BCUT2D eigenvalue weighted by molar-refractivity contribution is 6.31. The van der Waals surface area contributed by atoms with Crippen LogP contribution < -0.4 is 4.74 Å². The number of halogens is 1. The Balaban J connectivity index is 1.66. The molecule has 8 heteroatoms. The highest BCUT2D eigenvalue weighted by Crippen LogP contribution is 2.35. The second-order valence-electron chi connectivity index (χ2n) is 7.14. The van der Waals surface area contributed by atoms with Crippen LogP contribution in [0.5, 0.6) is 5.75 Å². The van der Waals surface area contributed by atoms with E-state index in [9.17, 15) is 4.79 Å². The molecule has 29 heavy (non-hydrogen) atoms. The summed E-state index contributed by atoms with van der Waals surface area (Å²) in [7, 11) is 3.45. The number of methoxy groups -OCH3 is 1. The first-order valence-corrected chi connectivity index (χ1v) is 10.1. The molecule has 7 nitrogen and oxygen atoms in total. The fourth-order valence-corrected chi connectivity index (χ4v) is 4.22. The van der Waals surface area contributed by atoms with Crippen molar-refractivity contribution < 1.29 is 14.1 Å². The summed E-state index contributed by atoms with van der Waals surface area (Å²) in [6.07, 6.45) is 5.50. The van der Waals surface area contributed by atoms with Crippen LogP contribution in [0.4, 0.5) is 0 Å². The maximum Gasteiger partial charge on any atom is 0.276 e. The van der Waals surface area contributed by atoms with Crippen LogP contribution in [0, 0.1) is 0 Å². The van der Waals surface area contributed by atoms with Crippen LogP contribution in [0.15, 0.2) is 41.1 Å². The minimum Gasteiger partial charge on any atom is -0.496 e. The summed E-state index contributed by atoms with van der Waals surface area (Å²) < 4.78 is 12.6. The Kier molecular flexibility index (Phi) is 5.58. The summed E-state index contributed by atoms with van der Waals surface area (Å²) in [5, 5.41) is 8.88. The Morgan fingerprint density at radius 2 is 2.10 bits per heavy atom. The van der Waals surface area contributed by atoms with Gasteiger partial charge in [0.2, 0.25) is 0 Å². The third-order valence-corrected chi connectivity index (χ3v) is 5.66. The van der Waals surface area contributed by atoms with Crippen LogP contribution >= 0.6 is 11.6 Å². The number of likely N-dealkylation sites (tertiary alicyclic amines) is 1. The van der Waals surface area contributed by atoms with E-state index in [1.807, 2.05) is 36.2 Å².